The first kappa shape index (κ1) is 23.1. The Morgan fingerprint density at radius 1 is 1.18 bits per heavy atom. The molecule has 1 aliphatic heterocycles. The van der Waals surface area contributed by atoms with Crippen LogP contribution in [0.3, 0.4) is 0 Å². The molecule has 0 spiro atoms. The van der Waals surface area contributed by atoms with E-state index in [0.717, 1.165) is 41.8 Å². The van der Waals surface area contributed by atoms with Crippen molar-refractivity contribution >= 4 is 40.4 Å². The van der Waals surface area contributed by atoms with E-state index in [1.807, 2.05) is 49.6 Å². The molecule has 178 valence electrons. The van der Waals surface area contributed by atoms with Crippen molar-refractivity contribution in [3.05, 3.63) is 58.1 Å². The van der Waals surface area contributed by atoms with E-state index in [-0.39, 0.29) is 24.4 Å². The summed E-state index contributed by atoms with van der Waals surface area (Å²) >= 11 is 8.02. The number of fused-ring (bicyclic) bond motifs is 1. The highest BCUT2D eigenvalue weighted by molar-refractivity contribution is 7.13. The summed E-state index contributed by atoms with van der Waals surface area (Å²) in [6.45, 7) is 3.99. The molecule has 1 atom stereocenters. The molecule has 6 nitrogen and oxygen atoms in total. The molecule has 2 aliphatic rings. The Balaban J connectivity index is 1.58. The van der Waals surface area contributed by atoms with Gasteiger partial charge >= 0.3 is 0 Å². The van der Waals surface area contributed by atoms with E-state index in [1.165, 1.54) is 12.8 Å². The van der Waals surface area contributed by atoms with Crippen LogP contribution in [0.2, 0.25) is 5.02 Å². The number of halogens is 1. The van der Waals surface area contributed by atoms with Crippen LogP contribution in [0.5, 0.6) is 0 Å². The van der Waals surface area contributed by atoms with E-state index in [2.05, 4.69) is 5.32 Å². The number of amides is 2. The fourth-order valence-electron chi connectivity index (χ4n) is 5.11. The van der Waals surface area contributed by atoms with Gasteiger partial charge in [-0.05, 0) is 61.9 Å². The van der Waals surface area contributed by atoms with Crippen LogP contribution in [-0.4, -0.2) is 33.2 Å². The third-order valence-corrected chi connectivity index (χ3v) is 8.39. The van der Waals surface area contributed by atoms with Gasteiger partial charge in [-0.2, -0.15) is 5.10 Å². The van der Waals surface area contributed by atoms with Gasteiger partial charge in [0.25, 0.3) is 5.91 Å². The lowest BCUT2D eigenvalue weighted by molar-refractivity contribution is -0.127. The standard InChI is InChI=1S/C26H29ClN4O2S/c1-17-19(27)11-7-12-21(17)31-24(32)22-15-20(23-13-8-14-34-23)29-30(22)16-26(31,2)25(33)28-18-9-5-3-4-6-10-18/h7-8,11-15,18H,3-6,9-10,16H2,1-2H3,(H,28,33)/t26-/m1/s1. The van der Waals surface area contributed by atoms with Crippen molar-refractivity contribution in [2.75, 3.05) is 4.90 Å². The Bertz CT molecular complexity index is 1210. The molecule has 5 rings (SSSR count). The zero-order valence-electron chi connectivity index (χ0n) is 19.5. The maximum atomic E-state index is 14.0. The third kappa shape index (κ3) is 4.05. The Kier molecular flexibility index (Phi) is 6.25. The highest BCUT2D eigenvalue weighted by Crippen LogP contribution is 2.38. The van der Waals surface area contributed by atoms with Gasteiger partial charge in [0.05, 0.1) is 11.4 Å². The van der Waals surface area contributed by atoms with Crippen LogP contribution in [0.15, 0.2) is 41.8 Å². The number of hydrogen-bond acceptors (Lipinski definition) is 4. The van der Waals surface area contributed by atoms with Crippen LogP contribution in [0, 0.1) is 6.92 Å². The fourth-order valence-corrected chi connectivity index (χ4v) is 5.96. The first-order chi connectivity index (χ1) is 16.4. The zero-order chi connectivity index (χ0) is 23.9. The molecule has 0 radical (unpaired) electrons. The number of anilines is 1. The number of rotatable bonds is 4. The summed E-state index contributed by atoms with van der Waals surface area (Å²) in [6, 6.07) is 11.4. The van der Waals surface area contributed by atoms with Gasteiger partial charge < -0.3 is 5.32 Å². The predicted octanol–water partition coefficient (Wildman–Crippen LogP) is 5.83. The summed E-state index contributed by atoms with van der Waals surface area (Å²) in [6.07, 6.45) is 6.59. The molecule has 34 heavy (non-hydrogen) atoms. The Morgan fingerprint density at radius 2 is 1.94 bits per heavy atom. The van der Waals surface area contributed by atoms with Gasteiger partial charge in [-0.1, -0.05) is 49.4 Å². The first-order valence-electron chi connectivity index (χ1n) is 11.9. The lowest BCUT2D eigenvalue weighted by atomic mass is 9.92. The van der Waals surface area contributed by atoms with Gasteiger partial charge in [-0.25, -0.2) is 0 Å². The topological polar surface area (TPSA) is 67.2 Å². The summed E-state index contributed by atoms with van der Waals surface area (Å²) in [5, 5.41) is 10.6. The van der Waals surface area contributed by atoms with Crippen molar-refractivity contribution in [3.63, 3.8) is 0 Å². The monoisotopic (exact) mass is 496 g/mol. The Hall–Kier alpha value is -2.64. The van der Waals surface area contributed by atoms with Crippen molar-refractivity contribution in [2.24, 2.45) is 0 Å². The largest absolute Gasteiger partial charge is 0.351 e. The third-order valence-electron chi connectivity index (χ3n) is 7.09. The lowest BCUT2D eigenvalue weighted by Gasteiger charge is -2.44. The van der Waals surface area contributed by atoms with E-state index in [1.54, 1.807) is 27.0 Å². The average Bonchev–Trinajstić information content (AvgIpc) is 3.42. The van der Waals surface area contributed by atoms with E-state index in [0.29, 0.717) is 16.4 Å². The van der Waals surface area contributed by atoms with Crippen molar-refractivity contribution in [3.8, 4) is 10.6 Å². The van der Waals surface area contributed by atoms with Gasteiger partial charge in [-0.3, -0.25) is 19.2 Å². The predicted molar refractivity (Wildman–Crippen MR) is 137 cm³/mol. The molecule has 2 amide bonds. The van der Waals surface area contributed by atoms with Gasteiger partial charge in [0.1, 0.15) is 16.9 Å². The lowest BCUT2D eigenvalue weighted by Crippen LogP contribution is -2.65. The molecular weight excluding hydrogens is 468 g/mol. The van der Waals surface area contributed by atoms with Gasteiger partial charge in [0.2, 0.25) is 5.91 Å². The maximum absolute atomic E-state index is 14.0. The molecule has 1 fully saturated rings. The Labute approximate surface area is 208 Å². The molecule has 3 heterocycles. The molecular formula is C26H29ClN4O2S. The van der Waals surface area contributed by atoms with E-state index >= 15 is 0 Å². The second-order valence-electron chi connectivity index (χ2n) is 9.51. The Morgan fingerprint density at radius 3 is 2.65 bits per heavy atom. The SMILES string of the molecule is Cc1c(Cl)cccc1N1C(=O)c2cc(-c3cccs3)nn2C[C@]1(C)C(=O)NC1CCCCCC1. The normalized spacial score (nSPS) is 21.3. The van der Waals surface area contributed by atoms with E-state index in [9.17, 15) is 9.59 Å². The number of thiophene rings is 1. The van der Waals surface area contributed by atoms with Gasteiger partial charge in [0.15, 0.2) is 0 Å². The maximum Gasteiger partial charge on any atom is 0.277 e. The van der Waals surface area contributed by atoms with E-state index in [4.69, 9.17) is 16.7 Å². The quantitative estimate of drug-likeness (QED) is 0.462. The molecule has 0 saturated heterocycles. The zero-order valence-corrected chi connectivity index (χ0v) is 21.1. The molecule has 1 aliphatic carbocycles. The van der Waals surface area contributed by atoms with Crippen LogP contribution in [0.25, 0.3) is 10.6 Å². The molecule has 1 saturated carbocycles. The van der Waals surface area contributed by atoms with Crippen LogP contribution < -0.4 is 10.2 Å². The average molecular weight is 497 g/mol. The number of nitrogens with one attached hydrogen (secondary N) is 1. The summed E-state index contributed by atoms with van der Waals surface area (Å²) in [7, 11) is 0. The number of aromatic nitrogens is 2. The van der Waals surface area contributed by atoms with Crippen molar-refractivity contribution < 1.29 is 9.59 Å². The number of nitrogens with zero attached hydrogens (tertiary/aromatic N) is 3. The highest BCUT2D eigenvalue weighted by atomic mass is 35.5. The molecule has 0 bridgehead atoms. The minimum atomic E-state index is -1.15. The first-order valence-corrected chi connectivity index (χ1v) is 13.2. The fraction of sp³-hybridized carbons (Fsp3) is 0.423. The molecule has 1 N–H and O–H groups in total. The second kappa shape index (κ2) is 9.19. The molecule has 3 aromatic rings. The molecule has 0 unspecified atom stereocenters. The van der Waals surface area contributed by atoms with Gasteiger partial charge in [-0.15, -0.1) is 11.3 Å². The number of carbonyl (C=O) groups is 2. The summed E-state index contributed by atoms with van der Waals surface area (Å²) in [4.78, 5) is 30.5. The second-order valence-corrected chi connectivity index (χ2v) is 10.9. The highest BCUT2D eigenvalue weighted by Gasteiger charge is 2.49. The molecule has 2 aromatic heterocycles. The minimum absolute atomic E-state index is 0.130. The van der Waals surface area contributed by atoms with Crippen molar-refractivity contribution in [1.82, 2.24) is 15.1 Å². The molecule has 1 aromatic carbocycles. The number of hydrogen-bond donors (Lipinski definition) is 1. The van der Waals surface area contributed by atoms with Crippen LogP contribution in [0.4, 0.5) is 5.69 Å². The van der Waals surface area contributed by atoms with Crippen LogP contribution in [0.1, 0.15) is 61.5 Å². The van der Waals surface area contributed by atoms with Crippen LogP contribution in [-0.2, 0) is 11.3 Å². The number of carbonyl (C=O) groups excluding carboxylic acids is 2. The summed E-state index contributed by atoms with van der Waals surface area (Å²) < 4.78 is 1.69. The minimum Gasteiger partial charge on any atom is -0.351 e. The summed E-state index contributed by atoms with van der Waals surface area (Å²) in [5.74, 6) is -0.392. The molecule has 8 heteroatoms. The van der Waals surface area contributed by atoms with Crippen molar-refractivity contribution in [1.29, 1.82) is 0 Å². The van der Waals surface area contributed by atoms with E-state index < -0.39 is 5.54 Å². The summed E-state index contributed by atoms with van der Waals surface area (Å²) in [5.41, 5.74) is 1.50. The van der Waals surface area contributed by atoms with Gasteiger partial charge in [0, 0.05) is 16.8 Å². The van der Waals surface area contributed by atoms with Crippen molar-refractivity contribution in [2.45, 2.75) is 70.5 Å². The smallest absolute Gasteiger partial charge is 0.277 e. The number of benzene rings is 1. The van der Waals surface area contributed by atoms with Crippen LogP contribution >= 0.6 is 22.9 Å².